The molecule has 4 unspecified atom stereocenters. The second kappa shape index (κ2) is 11.6. The van der Waals surface area contributed by atoms with Gasteiger partial charge in [0.15, 0.2) is 23.1 Å². The molecule has 2 N–H and O–H groups in total. The van der Waals surface area contributed by atoms with Crippen molar-refractivity contribution in [1.82, 2.24) is 4.90 Å². The molecule has 4 atom stereocenters. The highest BCUT2D eigenvalue weighted by Gasteiger charge is 2.55. The minimum Gasteiger partial charge on any atom is -0.508 e. The molecule has 4 aliphatic rings. The lowest BCUT2D eigenvalue weighted by Crippen LogP contribution is -2.40. The number of Topliss-reactive ketones (excluding diaryl/α,β-unsaturated/α-hetero) is 1. The Morgan fingerprint density at radius 3 is 2.32 bits per heavy atom. The number of nitrogens with zero attached hydrogens (tertiary/aromatic N) is 1. The van der Waals surface area contributed by atoms with Gasteiger partial charge in [-0.05, 0) is 76.5 Å². The van der Waals surface area contributed by atoms with E-state index in [1.54, 1.807) is 42.5 Å². The number of hydrogen-bond donors (Lipinski definition) is 2. The van der Waals surface area contributed by atoms with Crippen LogP contribution in [0.15, 0.2) is 75.8 Å². The Morgan fingerprint density at radius 2 is 1.66 bits per heavy atom. The first-order chi connectivity index (χ1) is 21.1. The summed E-state index contributed by atoms with van der Waals surface area (Å²) in [6.07, 6.45) is 7.83. The lowest BCUT2D eigenvalue weighted by atomic mass is 9.61. The predicted molar refractivity (Wildman–Crippen MR) is 164 cm³/mol. The van der Waals surface area contributed by atoms with Gasteiger partial charge in [0.1, 0.15) is 5.75 Å². The highest BCUT2D eigenvalue weighted by molar-refractivity contribution is 9.12. The number of phenolic OH excluding ortho intramolecular Hbond substituents is 2. The first-order valence-corrected chi connectivity index (χ1v) is 15.1. The molecule has 226 valence electrons. The number of aromatic hydroxyl groups is 2. The first kappa shape index (κ1) is 29.6. The van der Waals surface area contributed by atoms with Crippen LogP contribution in [0.1, 0.15) is 24.0 Å². The number of benzene rings is 2. The topological polar surface area (TPSA) is 130 Å². The van der Waals surface area contributed by atoms with Gasteiger partial charge in [0.05, 0.1) is 30.5 Å². The van der Waals surface area contributed by atoms with Crippen molar-refractivity contribution in [3.8, 4) is 23.0 Å². The number of rotatable bonds is 7. The van der Waals surface area contributed by atoms with E-state index in [1.165, 1.54) is 25.2 Å². The Morgan fingerprint density at radius 1 is 0.977 bits per heavy atom. The number of phenols is 2. The second-order valence-corrected chi connectivity index (χ2v) is 12.2. The molecule has 2 aromatic carbocycles. The molecule has 1 aliphatic heterocycles. The van der Waals surface area contributed by atoms with Crippen molar-refractivity contribution < 1.29 is 38.9 Å². The fourth-order valence-corrected chi connectivity index (χ4v) is 7.34. The molecule has 2 aromatic rings. The molecule has 0 spiro atoms. The lowest BCUT2D eigenvalue weighted by Gasteiger charge is -2.41. The van der Waals surface area contributed by atoms with Crippen molar-refractivity contribution in [3.05, 3.63) is 87.0 Å². The van der Waals surface area contributed by atoms with Crippen LogP contribution >= 0.6 is 15.9 Å². The average Bonchev–Trinajstić information content (AvgIpc) is 3.26. The number of amides is 2. The van der Waals surface area contributed by atoms with Gasteiger partial charge in [0, 0.05) is 29.7 Å². The molecule has 0 bridgehead atoms. The van der Waals surface area contributed by atoms with Gasteiger partial charge in [0.2, 0.25) is 17.6 Å². The third kappa shape index (κ3) is 4.96. The number of imide groups is 1. The smallest absolute Gasteiger partial charge is 0.233 e. The summed E-state index contributed by atoms with van der Waals surface area (Å²) in [5.41, 5.74) is 3.08. The summed E-state index contributed by atoms with van der Waals surface area (Å²) in [5, 5.41) is 19.9. The summed E-state index contributed by atoms with van der Waals surface area (Å²) in [4.78, 5) is 55.5. The molecule has 44 heavy (non-hydrogen) atoms. The number of ketones is 2. The zero-order valence-corrected chi connectivity index (χ0v) is 25.7. The van der Waals surface area contributed by atoms with Crippen molar-refractivity contribution >= 4 is 45.4 Å². The Hall–Kier alpha value is -4.44. The van der Waals surface area contributed by atoms with Crippen LogP contribution in [0.3, 0.4) is 0 Å². The summed E-state index contributed by atoms with van der Waals surface area (Å²) in [6, 6.07) is 9.92. The monoisotopic (exact) mass is 659 g/mol. The summed E-state index contributed by atoms with van der Waals surface area (Å²) in [7, 11) is 2.86. The van der Waals surface area contributed by atoms with Crippen molar-refractivity contribution in [2.24, 2.45) is 23.7 Å². The summed E-state index contributed by atoms with van der Waals surface area (Å²) in [6.45, 7) is 0.213. The molecule has 0 radical (unpaired) electrons. The highest BCUT2D eigenvalue weighted by Crippen LogP contribution is 2.53. The quantitative estimate of drug-likeness (QED) is 0.249. The maximum atomic E-state index is 13.9. The van der Waals surface area contributed by atoms with Crippen molar-refractivity contribution in [3.63, 3.8) is 0 Å². The zero-order valence-electron chi connectivity index (χ0n) is 24.1. The molecule has 0 saturated carbocycles. The van der Waals surface area contributed by atoms with Crippen LogP contribution in [-0.4, -0.2) is 59.3 Å². The third-order valence-corrected chi connectivity index (χ3v) is 9.60. The molecular weight excluding hydrogens is 630 g/mol. The molecule has 1 saturated heterocycles. The van der Waals surface area contributed by atoms with Gasteiger partial charge in [-0.1, -0.05) is 35.9 Å². The van der Waals surface area contributed by atoms with Crippen LogP contribution < -0.4 is 9.47 Å². The molecule has 3 aliphatic carbocycles. The van der Waals surface area contributed by atoms with Crippen molar-refractivity contribution in [2.75, 3.05) is 20.8 Å². The van der Waals surface area contributed by atoms with E-state index in [0.717, 1.165) is 11.1 Å². The normalized spacial score (nSPS) is 24.7. The van der Waals surface area contributed by atoms with Crippen LogP contribution in [0, 0.1) is 23.7 Å². The third-order valence-electron chi connectivity index (χ3n) is 9.01. The van der Waals surface area contributed by atoms with Gasteiger partial charge in [0.25, 0.3) is 0 Å². The molecule has 0 aromatic heterocycles. The summed E-state index contributed by atoms with van der Waals surface area (Å²) in [5.74, 6) is -2.87. The lowest BCUT2D eigenvalue weighted by molar-refractivity contribution is -0.140. The van der Waals surface area contributed by atoms with E-state index in [9.17, 15) is 29.4 Å². The van der Waals surface area contributed by atoms with Crippen LogP contribution in [0.2, 0.25) is 0 Å². The average molecular weight is 661 g/mol. The number of fused-ring (bicyclic) bond motifs is 3. The van der Waals surface area contributed by atoms with Gasteiger partial charge >= 0.3 is 0 Å². The van der Waals surface area contributed by atoms with E-state index in [-0.39, 0.29) is 63.8 Å². The van der Waals surface area contributed by atoms with Crippen LogP contribution in [0.25, 0.3) is 6.08 Å². The fraction of sp³-hybridized carbons (Fsp3) is 0.294. The Kier molecular flexibility index (Phi) is 7.79. The molecule has 1 heterocycles. The number of carbonyl (C=O) groups is 4. The van der Waals surface area contributed by atoms with Gasteiger partial charge in [-0.2, -0.15) is 0 Å². The number of likely N-dealkylation sites (tertiary alicyclic amines) is 1. The minimum atomic E-state index is -0.645. The number of hydrogen-bond acceptors (Lipinski definition) is 8. The van der Waals surface area contributed by atoms with E-state index in [2.05, 4.69) is 15.9 Å². The van der Waals surface area contributed by atoms with Gasteiger partial charge in [-0.25, -0.2) is 0 Å². The minimum absolute atomic E-state index is 0.140. The number of allylic oxidation sites excluding steroid dienone is 7. The summed E-state index contributed by atoms with van der Waals surface area (Å²) >= 11 is 3.24. The first-order valence-electron chi connectivity index (χ1n) is 14.3. The Bertz CT molecular complexity index is 1690. The van der Waals surface area contributed by atoms with Gasteiger partial charge in [-0.3, -0.25) is 24.1 Å². The van der Waals surface area contributed by atoms with E-state index in [1.807, 2.05) is 12.2 Å². The van der Waals surface area contributed by atoms with Crippen LogP contribution in [-0.2, 0) is 25.6 Å². The van der Waals surface area contributed by atoms with E-state index < -0.39 is 23.7 Å². The van der Waals surface area contributed by atoms with E-state index >= 15 is 0 Å². The number of ether oxygens (including phenoxy) is 2. The summed E-state index contributed by atoms with van der Waals surface area (Å²) < 4.78 is 10.7. The molecule has 6 rings (SSSR count). The molecule has 9 nitrogen and oxygen atoms in total. The maximum Gasteiger partial charge on any atom is 0.233 e. The second-order valence-electron chi connectivity index (χ2n) is 11.3. The molecule has 1 fully saturated rings. The SMILES string of the molecule is COc1cc(C=CC2C3=CCC4C(=O)N(CCc5ccc(O)cc5)C(=O)C4C3CC3=C2C(=O)C=C(Br)C3=O)cc(OC)c1O. The van der Waals surface area contributed by atoms with Gasteiger partial charge in [-0.15, -0.1) is 0 Å². The number of halogens is 1. The van der Waals surface area contributed by atoms with E-state index in [4.69, 9.17) is 9.47 Å². The largest absolute Gasteiger partial charge is 0.508 e. The van der Waals surface area contributed by atoms with Crippen LogP contribution in [0.4, 0.5) is 0 Å². The number of methoxy groups -OCH3 is 2. The van der Waals surface area contributed by atoms with Crippen molar-refractivity contribution in [1.29, 1.82) is 0 Å². The molecular formula is C34H30BrNO8. The van der Waals surface area contributed by atoms with Gasteiger partial charge < -0.3 is 19.7 Å². The molecule has 10 heteroatoms. The Balaban J connectivity index is 1.35. The maximum absolute atomic E-state index is 13.9. The number of carbonyl (C=O) groups excluding carboxylic acids is 4. The van der Waals surface area contributed by atoms with E-state index in [0.29, 0.717) is 29.6 Å². The predicted octanol–water partition coefficient (Wildman–Crippen LogP) is 4.67. The Labute approximate surface area is 262 Å². The molecule has 2 amide bonds. The highest BCUT2D eigenvalue weighted by atomic mass is 79.9. The zero-order chi connectivity index (χ0) is 31.3. The van der Waals surface area contributed by atoms with Crippen LogP contribution in [0.5, 0.6) is 23.0 Å². The standard InChI is InChI=1S/C34H30BrNO8/c1-43-27-13-18(14-28(44-2)32(27)40)5-8-21-20-9-10-22-30(23(20)15-24-29(21)26(38)16-25(35)31(24)39)34(42)36(33(22)41)12-11-17-3-6-19(37)7-4-17/h3-9,13-14,16,21-23,30,37,40H,10-12,15H2,1-2H3. The fourth-order valence-electron chi connectivity index (χ4n) is 6.89. The van der Waals surface area contributed by atoms with Crippen molar-refractivity contribution in [2.45, 2.75) is 19.3 Å².